The summed E-state index contributed by atoms with van der Waals surface area (Å²) in [7, 11) is -1.78. The van der Waals surface area contributed by atoms with Crippen molar-refractivity contribution in [1.29, 1.82) is 0 Å². The van der Waals surface area contributed by atoms with Gasteiger partial charge in [-0.15, -0.1) is 6.58 Å². The van der Waals surface area contributed by atoms with Crippen LogP contribution in [0.25, 0.3) is 0 Å². The first-order valence-electron chi connectivity index (χ1n) is 12.9. The zero-order chi connectivity index (χ0) is 22.8. The van der Waals surface area contributed by atoms with Crippen LogP contribution in [0.3, 0.4) is 0 Å². The van der Waals surface area contributed by atoms with Crippen molar-refractivity contribution >= 4 is 14.1 Å². The van der Waals surface area contributed by atoms with Gasteiger partial charge in [0.2, 0.25) is 0 Å². The highest BCUT2D eigenvalue weighted by molar-refractivity contribution is 6.74. The summed E-state index contributed by atoms with van der Waals surface area (Å²) >= 11 is 0. The van der Waals surface area contributed by atoms with Crippen molar-refractivity contribution < 1.29 is 9.22 Å². The van der Waals surface area contributed by atoms with Crippen LogP contribution in [0.5, 0.6) is 0 Å². The fourth-order valence-electron chi connectivity index (χ4n) is 7.84. The summed E-state index contributed by atoms with van der Waals surface area (Å²) in [6.07, 6.45) is 13.7. The molecule has 4 rings (SSSR count). The molecule has 4 aliphatic carbocycles. The molecule has 174 valence electrons. The standard InChI is InChI=1S/C28H46O2Si/c1-9-10-19-17-20-18-21(29)13-15-27(20,5)23-14-16-28(6)22(25(19)23)11-12-24(28)30-31(7,8)26(2,3)4/h9,18-19,22-25H,1,10-17H2,2-8H3/t19?,22?,23?,24-,25?,27-,28-/m0/s1. The minimum Gasteiger partial charge on any atom is -0.413 e. The predicted molar refractivity (Wildman–Crippen MR) is 132 cm³/mol. The van der Waals surface area contributed by atoms with E-state index < -0.39 is 8.32 Å². The fourth-order valence-corrected chi connectivity index (χ4v) is 9.29. The van der Waals surface area contributed by atoms with E-state index in [0.717, 1.165) is 43.4 Å². The Bertz CT molecular complexity index is 774. The van der Waals surface area contributed by atoms with Gasteiger partial charge in [-0.3, -0.25) is 4.79 Å². The first-order chi connectivity index (χ1) is 14.3. The Morgan fingerprint density at radius 3 is 2.52 bits per heavy atom. The van der Waals surface area contributed by atoms with Gasteiger partial charge in [0.15, 0.2) is 14.1 Å². The smallest absolute Gasteiger partial charge is 0.192 e. The Morgan fingerprint density at radius 2 is 1.87 bits per heavy atom. The molecular weight excluding hydrogens is 396 g/mol. The third-order valence-electron chi connectivity index (χ3n) is 10.8. The minimum atomic E-state index is -1.78. The third kappa shape index (κ3) is 3.66. The van der Waals surface area contributed by atoms with Crippen molar-refractivity contribution in [3.8, 4) is 0 Å². The van der Waals surface area contributed by atoms with Crippen molar-refractivity contribution in [1.82, 2.24) is 0 Å². The number of carbonyl (C=O) groups is 1. The topological polar surface area (TPSA) is 26.3 Å². The van der Waals surface area contributed by atoms with Gasteiger partial charge in [-0.2, -0.15) is 0 Å². The second-order valence-electron chi connectivity index (χ2n) is 13.3. The van der Waals surface area contributed by atoms with Crippen LogP contribution in [0, 0.1) is 34.5 Å². The fraction of sp³-hybridized carbons (Fsp3) is 0.821. The molecule has 4 aliphatic rings. The van der Waals surface area contributed by atoms with E-state index in [4.69, 9.17) is 4.43 Å². The molecule has 0 radical (unpaired) electrons. The van der Waals surface area contributed by atoms with Gasteiger partial charge in [0.05, 0.1) is 6.10 Å². The van der Waals surface area contributed by atoms with Gasteiger partial charge in [-0.1, -0.05) is 46.3 Å². The number of fused-ring (bicyclic) bond motifs is 5. The molecule has 2 nitrogen and oxygen atoms in total. The maximum absolute atomic E-state index is 12.3. The number of allylic oxidation sites excluding steroid dienone is 2. The highest BCUT2D eigenvalue weighted by Gasteiger charge is 2.62. The molecular formula is C28H46O2Si. The van der Waals surface area contributed by atoms with Crippen LogP contribution in [0.15, 0.2) is 24.3 Å². The summed E-state index contributed by atoms with van der Waals surface area (Å²) < 4.78 is 7.12. The van der Waals surface area contributed by atoms with Crippen LogP contribution in [0.1, 0.15) is 86.0 Å². The second kappa shape index (κ2) is 7.69. The zero-order valence-corrected chi connectivity index (χ0v) is 22.2. The van der Waals surface area contributed by atoms with E-state index in [1.54, 1.807) is 0 Å². The van der Waals surface area contributed by atoms with E-state index in [1.807, 2.05) is 6.08 Å². The Balaban J connectivity index is 1.66. The van der Waals surface area contributed by atoms with Gasteiger partial charge >= 0.3 is 0 Å². The molecule has 3 fully saturated rings. The molecule has 0 heterocycles. The Morgan fingerprint density at radius 1 is 1.16 bits per heavy atom. The first-order valence-corrected chi connectivity index (χ1v) is 15.8. The van der Waals surface area contributed by atoms with Crippen molar-refractivity contribution in [3.05, 3.63) is 24.3 Å². The summed E-state index contributed by atoms with van der Waals surface area (Å²) in [5.74, 6) is 3.22. The first kappa shape index (κ1) is 23.5. The largest absolute Gasteiger partial charge is 0.413 e. The molecule has 0 spiro atoms. The molecule has 0 saturated heterocycles. The monoisotopic (exact) mass is 442 g/mol. The average Bonchev–Trinajstić information content (AvgIpc) is 2.98. The van der Waals surface area contributed by atoms with E-state index in [2.05, 4.69) is 60.4 Å². The number of carbonyl (C=O) groups excluding carboxylic acids is 1. The summed E-state index contributed by atoms with van der Waals surface area (Å²) in [6.45, 7) is 21.1. The summed E-state index contributed by atoms with van der Waals surface area (Å²) in [6, 6.07) is 0. The highest BCUT2D eigenvalue weighted by atomic mass is 28.4. The molecule has 0 aromatic heterocycles. The lowest BCUT2D eigenvalue weighted by atomic mass is 9.44. The average molecular weight is 443 g/mol. The zero-order valence-electron chi connectivity index (χ0n) is 21.2. The summed E-state index contributed by atoms with van der Waals surface area (Å²) in [4.78, 5) is 12.3. The Labute approximate surface area is 192 Å². The number of hydrogen-bond donors (Lipinski definition) is 0. The van der Waals surface area contributed by atoms with Crippen LogP contribution >= 0.6 is 0 Å². The van der Waals surface area contributed by atoms with Gasteiger partial charge < -0.3 is 4.43 Å². The minimum absolute atomic E-state index is 0.232. The van der Waals surface area contributed by atoms with E-state index in [-0.39, 0.29) is 10.5 Å². The van der Waals surface area contributed by atoms with Crippen LogP contribution < -0.4 is 0 Å². The lowest BCUT2D eigenvalue weighted by Gasteiger charge is -2.60. The highest BCUT2D eigenvalue weighted by Crippen LogP contribution is 2.67. The van der Waals surface area contributed by atoms with E-state index >= 15 is 0 Å². The molecule has 31 heavy (non-hydrogen) atoms. The van der Waals surface area contributed by atoms with E-state index in [0.29, 0.717) is 23.2 Å². The van der Waals surface area contributed by atoms with Crippen molar-refractivity contribution in [3.63, 3.8) is 0 Å². The maximum atomic E-state index is 12.3. The quantitative estimate of drug-likeness (QED) is 0.329. The van der Waals surface area contributed by atoms with Crippen LogP contribution in [-0.4, -0.2) is 20.2 Å². The van der Waals surface area contributed by atoms with E-state index in [1.165, 1.54) is 31.3 Å². The molecule has 0 aliphatic heterocycles. The Kier molecular flexibility index (Phi) is 5.82. The number of hydrogen-bond acceptors (Lipinski definition) is 2. The molecule has 0 bridgehead atoms. The van der Waals surface area contributed by atoms with Gasteiger partial charge in [-0.05, 0) is 104 Å². The molecule has 0 amide bonds. The Hall–Kier alpha value is -0.673. The maximum Gasteiger partial charge on any atom is 0.192 e. The molecule has 0 N–H and O–H groups in total. The summed E-state index contributed by atoms with van der Waals surface area (Å²) in [5, 5.41) is 0.261. The molecule has 3 saturated carbocycles. The van der Waals surface area contributed by atoms with Gasteiger partial charge in [-0.25, -0.2) is 0 Å². The lowest BCUT2D eigenvalue weighted by molar-refractivity contribution is -0.119. The molecule has 3 heteroatoms. The van der Waals surface area contributed by atoms with Crippen LogP contribution in [0.4, 0.5) is 0 Å². The number of rotatable bonds is 4. The molecule has 4 unspecified atom stereocenters. The molecule has 0 aromatic rings. The number of ketones is 1. The van der Waals surface area contributed by atoms with Gasteiger partial charge in [0, 0.05) is 6.42 Å². The van der Waals surface area contributed by atoms with Gasteiger partial charge in [0.25, 0.3) is 0 Å². The van der Waals surface area contributed by atoms with Crippen LogP contribution in [0.2, 0.25) is 18.1 Å². The predicted octanol–water partition coefficient (Wildman–Crippen LogP) is 7.71. The van der Waals surface area contributed by atoms with Crippen LogP contribution in [-0.2, 0) is 9.22 Å². The van der Waals surface area contributed by atoms with Crippen molar-refractivity contribution in [2.45, 2.75) is 110 Å². The SMILES string of the molecule is C=CCC1CC2=CC(=O)CC[C@]2(C)C2CC[C@@]3(C)C(CC[C@@H]3O[Si](C)(C)C(C)(C)C)C12. The van der Waals surface area contributed by atoms with E-state index in [9.17, 15) is 4.79 Å². The van der Waals surface area contributed by atoms with Crippen molar-refractivity contribution in [2.24, 2.45) is 34.5 Å². The molecule has 0 aromatic carbocycles. The normalized spacial score (nSPS) is 43.0. The van der Waals surface area contributed by atoms with Crippen molar-refractivity contribution in [2.75, 3.05) is 0 Å². The third-order valence-corrected chi connectivity index (χ3v) is 15.2. The molecule has 7 atom stereocenters. The van der Waals surface area contributed by atoms with Gasteiger partial charge in [0.1, 0.15) is 0 Å². The summed E-state index contributed by atoms with van der Waals surface area (Å²) in [5.41, 5.74) is 2.00. The lowest BCUT2D eigenvalue weighted by Crippen LogP contribution is -2.55. The second-order valence-corrected chi connectivity index (χ2v) is 18.1.